The maximum absolute atomic E-state index is 12.9. The third kappa shape index (κ3) is 11.7. The van der Waals surface area contributed by atoms with Crippen LogP contribution in [0.4, 0.5) is 0 Å². The lowest BCUT2D eigenvalue weighted by molar-refractivity contribution is -0.136. The number of aryl methyl sites for hydroxylation is 2. The van der Waals surface area contributed by atoms with E-state index in [1.165, 1.54) is 22.3 Å². The fourth-order valence-electron chi connectivity index (χ4n) is 8.95. The Labute approximate surface area is 379 Å². The second kappa shape index (κ2) is 23.3. The highest BCUT2D eigenvalue weighted by Gasteiger charge is 2.51. The molecule has 1 unspecified atom stereocenters. The van der Waals surface area contributed by atoms with Crippen LogP contribution in [0.2, 0.25) is 0 Å². The minimum absolute atomic E-state index is 0.0947. The number of carbonyl (C=O) groups is 5. The molecule has 64 heavy (non-hydrogen) atoms. The summed E-state index contributed by atoms with van der Waals surface area (Å²) in [7, 11) is 0. The number of pyridine rings is 2. The summed E-state index contributed by atoms with van der Waals surface area (Å²) in [6, 6.07) is 16.4. The van der Waals surface area contributed by atoms with E-state index in [1.54, 1.807) is 18.2 Å². The van der Waals surface area contributed by atoms with Crippen molar-refractivity contribution < 1.29 is 33.4 Å². The van der Waals surface area contributed by atoms with Crippen LogP contribution in [0.1, 0.15) is 131 Å². The van der Waals surface area contributed by atoms with E-state index in [0.717, 1.165) is 86.9 Å². The molecule has 1 saturated carbocycles. The molecule has 5 heterocycles. The Morgan fingerprint density at radius 2 is 1.50 bits per heavy atom. The normalized spacial score (nSPS) is 17.4. The molecule has 1 N–H and O–H groups in total. The van der Waals surface area contributed by atoms with Crippen LogP contribution in [0.5, 0.6) is 11.6 Å². The van der Waals surface area contributed by atoms with E-state index in [9.17, 15) is 24.0 Å². The van der Waals surface area contributed by atoms with Crippen molar-refractivity contribution in [2.75, 3.05) is 26.2 Å². The zero-order valence-corrected chi connectivity index (χ0v) is 39.1. The van der Waals surface area contributed by atoms with Crippen LogP contribution in [0, 0.1) is 25.2 Å². The Morgan fingerprint density at radius 3 is 2.14 bits per heavy atom. The summed E-state index contributed by atoms with van der Waals surface area (Å²) in [5.41, 5.74) is 8.04. The molecule has 8 rings (SSSR count). The highest BCUT2D eigenvalue weighted by molar-refractivity contribution is 6.23. The average molecular weight is 874 g/mol. The van der Waals surface area contributed by atoms with E-state index in [4.69, 9.17) is 9.47 Å². The highest BCUT2D eigenvalue weighted by atomic mass is 16.5. The van der Waals surface area contributed by atoms with Gasteiger partial charge in [0.05, 0.1) is 23.8 Å². The van der Waals surface area contributed by atoms with E-state index < -0.39 is 29.7 Å². The second-order valence-corrected chi connectivity index (χ2v) is 16.7. The van der Waals surface area contributed by atoms with Crippen LogP contribution in [-0.4, -0.2) is 88.1 Å². The SMILES string of the molecule is CC.CC.CCC(CC)Oc1ccc(-c2ccc(-c3cnccc3C)c(C)c2)cn1.O=CC1CC2(C1)CN(CCCCCOc1ccc3c(c1)C(=O)N(C1CCC(=O)NC1=O)C3=O)C2. The Morgan fingerprint density at radius 1 is 0.797 bits per heavy atom. The first kappa shape index (κ1) is 49.3. The van der Waals surface area contributed by atoms with Crippen LogP contribution < -0.4 is 14.8 Å². The van der Waals surface area contributed by atoms with Crippen molar-refractivity contribution in [3.05, 3.63) is 95.4 Å². The summed E-state index contributed by atoms with van der Waals surface area (Å²) in [6.07, 6.45) is 14.3. The van der Waals surface area contributed by atoms with Crippen molar-refractivity contribution in [1.82, 2.24) is 25.1 Å². The first-order valence-electron chi connectivity index (χ1n) is 23.3. The van der Waals surface area contributed by atoms with Crippen molar-refractivity contribution in [2.45, 2.75) is 125 Å². The molecule has 1 spiro atoms. The van der Waals surface area contributed by atoms with Gasteiger partial charge in [-0.15, -0.1) is 0 Å². The number of ether oxygens (including phenoxy) is 2. The lowest BCUT2D eigenvalue weighted by Crippen LogP contribution is -2.62. The fourth-order valence-corrected chi connectivity index (χ4v) is 8.95. The zero-order chi connectivity index (χ0) is 46.4. The van der Waals surface area contributed by atoms with Crippen LogP contribution in [0.25, 0.3) is 22.3 Å². The molecule has 2 saturated heterocycles. The number of amides is 4. The lowest BCUT2D eigenvalue weighted by atomic mass is 9.58. The molecule has 1 aliphatic carbocycles. The lowest BCUT2D eigenvalue weighted by Gasteiger charge is -2.58. The van der Waals surface area contributed by atoms with Gasteiger partial charge in [0.2, 0.25) is 17.7 Å². The molecule has 2 aromatic heterocycles. The van der Waals surface area contributed by atoms with Gasteiger partial charge in [0.1, 0.15) is 18.1 Å². The van der Waals surface area contributed by atoms with Gasteiger partial charge in [-0.25, -0.2) is 4.98 Å². The predicted octanol–water partition coefficient (Wildman–Crippen LogP) is 9.60. The van der Waals surface area contributed by atoms with Crippen LogP contribution in [0.3, 0.4) is 0 Å². The summed E-state index contributed by atoms with van der Waals surface area (Å²) in [5, 5.41) is 2.19. The topological polar surface area (TPSA) is 148 Å². The number of nitrogens with zero attached hydrogens (tertiary/aromatic N) is 4. The average Bonchev–Trinajstić information content (AvgIpc) is 3.53. The van der Waals surface area contributed by atoms with Gasteiger partial charge in [-0.3, -0.25) is 34.4 Å². The number of fused-ring (bicyclic) bond motifs is 1. The summed E-state index contributed by atoms with van der Waals surface area (Å²) < 4.78 is 11.7. The molecule has 3 fully saturated rings. The summed E-state index contributed by atoms with van der Waals surface area (Å²) in [5.74, 6) is -0.559. The van der Waals surface area contributed by atoms with Crippen molar-refractivity contribution in [1.29, 1.82) is 0 Å². The van der Waals surface area contributed by atoms with Gasteiger partial charge < -0.3 is 19.2 Å². The van der Waals surface area contributed by atoms with Gasteiger partial charge in [-0.05, 0) is 130 Å². The largest absolute Gasteiger partial charge is 0.494 e. The van der Waals surface area contributed by atoms with Gasteiger partial charge in [0.15, 0.2) is 0 Å². The van der Waals surface area contributed by atoms with Gasteiger partial charge in [0, 0.05) is 61.2 Å². The number of carbonyl (C=O) groups excluding carboxylic acids is 5. The molecule has 12 nitrogen and oxygen atoms in total. The Kier molecular flexibility index (Phi) is 17.9. The molecule has 2 aromatic carbocycles. The smallest absolute Gasteiger partial charge is 0.262 e. The zero-order valence-electron chi connectivity index (χ0n) is 39.1. The molecular weight excluding hydrogens is 807 g/mol. The first-order valence-corrected chi connectivity index (χ1v) is 23.3. The number of aldehydes is 1. The van der Waals surface area contributed by atoms with Gasteiger partial charge in [-0.2, -0.15) is 0 Å². The molecule has 4 amide bonds. The van der Waals surface area contributed by atoms with E-state index >= 15 is 0 Å². The van der Waals surface area contributed by atoms with Crippen molar-refractivity contribution >= 4 is 29.9 Å². The maximum atomic E-state index is 12.9. The number of benzene rings is 2. The number of aromatic nitrogens is 2. The molecule has 0 radical (unpaired) electrons. The van der Waals surface area contributed by atoms with Gasteiger partial charge >= 0.3 is 0 Å². The van der Waals surface area contributed by atoms with E-state index in [0.29, 0.717) is 23.7 Å². The minimum atomic E-state index is -0.966. The Balaban J connectivity index is 0.000000231. The van der Waals surface area contributed by atoms with Crippen molar-refractivity contribution in [2.24, 2.45) is 11.3 Å². The number of piperidine rings is 1. The number of hydrogen-bond acceptors (Lipinski definition) is 10. The standard InChI is InChI=1S/C25H29N3O6.C23H26N2O.2C2H6/c29-13-16-11-25(12-16)14-27(15-25)8-2-1-3-9-34-17-4-5-18-19(10-17)24(33)28(23(18)32)20-6-7-21(30)26-22(20)31;1-5-20(6-2)26-23-10-8-19(14-25-23)18-7-9-21(17(4)13-18)22-15-24-12-11-16(22)3;2*1-2/h4-5,10,13,16,20H,1-3,6-9,11-12,14-15H2,(H,26,30,31);7-15,20H,5-6H2,1-4H3;2*1-2H3. The highest BCUT2D eigenvalue weighted by Crippen LogP contribution is 2.51. The second-order valence-electron chi connectivity index (χ2n) is 16.7. The number of hydrogen-bond donors (Lipinski definition) is 1. The first-order chi connectivity index (χ1) is 31.0. The molecule has 1 atom stereocenters. The number of rotatable bonds is 15. The quantitative estimate of drug-likeness (QED) is 0.0696. The minimum Gasteiger partial charge on any atom is -0.494 e. The molecule has 342 valence electrons. The van der Waals surface area contributed by atoms with Crippen LogP contribution >= 0.6 is 0 Å². The Bertz CT molecular complexity index is 2220. The summed E-state index contributed by atoms with van der Waals surface area (Å²) in [6.45, 7) is 20.4. The maximum Gasteiger partial charge on any atom is 0.262 e. The molecule has 4 aromatic rings. The van der Waals surface area contributed by atoms with Crippen LogP contribution in [-0.2, 0) is 14.4 Å². The molecular formula is C52H67N5O7. The summed E-state index contributed by atoms with van der Waals surface area (Å²) in [4.78, 5) is 72.1. The number of unbranched alkanes of at least 4 members (excludes halogenated alkanes) is 2. The number of likely N-dealkylation sites (tertiary alicyclic amines) is 1. The molecule has 0 bridgehead atoms. The van der Waals surface area contributed by atoms with Crippen molar-refractivity contribution in [3.63, 3.8) is 0 Å². The molecule has 12 heteroatoms. The molecule has 3 aliphatic heterocycles. The van der Waals surface area contributed by atoms with E-state index in [2.05, 4.69) is 72.1 Å². The third-order valence-corrected chi connectivity index (χ3v) is 12.3. The van der Waals surface area contributed by atoms with Crippen molar-refractivity contribution in [3.8, 4) is 33.9 Å². The van der Waals surface area contributed by atoms with E-state index in [1.807, 2.05) is 58.4 Å². The van der Waals surface area contributed by atoms with Crippen LogP contribution in [0.15, 0.2) is 73.2 Å². The summed E-state index contributed by atoms with van der Waals surface area (Å²) >= 11 is 0. The van der Waals surface area contributed by atoms with Gasteiger partial charge in [0.25, 0.3) is 11.8 Å². The Hall–Kier alpha value is -5.75. The number of imide groups is 2. The fraction of sp³-hybridized carbons (Fsp3) is 0.481. The third-order valence-electron chi connectivity index (χ3n) is 12.3. The molecule has 4 aliphatic rings. The number of nitrogens with one attached hydrogen (secondary N) is 1. The predicted molar refractivity (Wildman–Crippen MR) is 250 cm³/mol. The van der Waals surface area contributed by atoms with Gasteiger partial charge in [-0.1, -0.05) is 59.7 Å². The monoisotopic (exact) mass is 874 g/mol. The van der Waals surface area contributed by atoms with E-state index in [-0.39, 0.29) is 36.0 Å².